The fourth-order valence-electron chi connectivity index (χ4n) is 2.60. The molecule has 0 aliphatic heterocycles. The van der Waals surface area contributed by atoms with Crippen molar-refractivity contribution >= 4 is 27.3 Å². The summed E-state index contributed by atoms with van der Waals surface area (Å²) in [6.07, 6.45) is 1.10. The number of anilines is 2. The predicted octanol–water partition coefficient (Wildman–Crippen LogP) is 3.20. The van der Waals surface area contributed by atoms with E-state index in [2.05, 4.69) is 5.32 Å². The highest BCUT2D eigenvalue weighted by molar-refractivity contribution is 7.92. The molecule has 0 radical (unpaired) electrons. The van der Waals surface area contributed by atoms with Crippen molar-refractivity contribution in [3.63, 3.8) is 0 Å². The Morgan fingerprint density at radius 1 is 1.14 bits per heavy atom. The van der Waals surface area contributed by atoms with Crippen LogP contribution in [-0.2, 0) is 14.8 Å². The monoisotopic (exact) mass is 406 g/mol. The average Bonchev–Trinajstić information content (AvgIpc) is 2.60. The van der Waals surface area contributed by atoms with Crippen molar-refractivity contribution in [3.05, 3.63) is 48.0 Å². The SMILES string of the molecule is COc1ccc(C)cc1N(CC(=O)Nc1ccc(OC(C)C)cc1)S(C)(=O)=O. The maximum absolute atomic E-state index is 12.5. The van der Waals surface area contributed by atoms with Crippen LogP contribution >= 0.6 is 0 Å². The fourth-order valence-corrected chi connectivity index (χ4v) is 3.45. The zero-order valence-corrected chi connectivity index (χ0v) is 17.5. The topological polar surface area (TPSA) is 84.9 Å². The van der Waals surface area contributed by atoms with E-state index in [1.807, 2.05) is 26.8 Å². The molecule has 2 aromatic carbocycles. The van der Waals surface area contributed by atoms with E-state index >= 15 is 0 Å². The molecule has 0 aliphatic carbocycles. The van der Waals surface area contributed by atoms with Crippen molar-refractivity contribution in [3.8, 4) is 11.5 Å². The Labute approximate surface area is 166 Å². The molecule has 0 heterocycles. The van der Waals surface area contributed by atoms with Gasteiger partial charge in [-0.1, -0.05) is 6.07 Å². The van der Waals surface area contributed by atoms with E-state index < -0.39 is 15.9 Å². The van der Waals surface area contributed by atoms with Crippen molar-refractivity contribution < 1.29 is 22.7 Å². The van der Waals surface area contributed by atoms with Crippen LogP contribution in [0, 0.1) is 6.92 Å². The Morgan fingerprint density at radius 2 is 1.79 bits per heavy atom. The zero-order chi connectivity index (χ0) is 20.9. The molecule has 1 N–H and O–H groups in total. The maximum atomic E-state index is 12.5. The number of nitrogens with zero attached hydrogens (tertiary/aromatic N) is 1. The van der Waals surface area contributed by atoms with Crippen molar-refractivity contribution in [2.24, 2.45) is 0 Å². The summed E-state index contributed by atoms with van der Waals surface area (Å²) in [5, 5.41) is 2.71. The molecule has 0 spiro atoms. The van der Waals surface area contributed by atoms with Gasteiger partial charge in [0.15, 0.2) is 0 Å². The van der Waals surface area contributed by atoms with Crippen LogP contribution in [0.2, 0.25) is 0 Å². The Morgan fingerprint density at radius 3 is 2.32 bits per heavy atom. The Bertz CT molecular complexity index is 924. The van der Waals surface area contributed by atoms with Gasteiger partial charge in [0.1, 0.15) is 18.0 Å². The Balaban J connectivity index is 2.20. The van der Waals surface area contributed by atoms with E-state index in [-0.39, 0.29) is 12.6 Å². The lowest BCUT2D eigenvalue weighted by atomic mass is 10.2. The number of hydrogen-bond donors (Lipinski definition) is 1. The standard InChI is InChI=1S/C20H26N2O5S/c1-14(2)27-17-9-7-16(8-10-17)21-20(23)13-22(28(5,24)25)18-12-15(3)6-11-19(18)26-4/h6-12,14H,13H2,1-5H3,(H,21,23). The summed E-state index contributed by atoms with van der Waals surface area (Å²) in [7, 11) is -2.25. The van der Waals surface area contributed by atoms with E-state index in [0.717, 1.165) is 16.1 Å². The summed E-state index contributed by atoms with van der Waals surface area (Å²) in [6.45, 7) is 5.32. The Hall–Kier alpha value is -2.74. The highest BCUT2D eigenvalue weighted by Crippen LogP contribution is 2.31. The first kappa shape index (κ1) is 21.6. The minimum atomic E-state index is -3.70. The van der Waals surface area contributed by atoms with E-state index in [1.54, 1.807) is 36.4 Å². The molecule has 28 heavy (non-hydrogen) atoms. The van der Waals surface area contributed by atoms with Gasteiger partial charge in [-0.25, -0.2) is 8.42 Å². The largest absolute Gasteiger partial charge is 0.495 e. The van der Waals surface area contributed by atoms with Crippen LogP contribution in [0.1, 0.15) is 19.4 Å². The lowest BCUT2D eigenvalue weighted by Gasteiger charge is -2.24. The van der Waals surface area contributed by atoms with Crippen LogP contribution < -0.4 is 19.1 Å². The molecule has 2 aromatic rings. The summed E-state index contributed by atoms with van der Waals surface area (Å²) in [4.78, 5) is 12.5. The normalized spacial score (nSPS) is 11.2. The van der Waals surface area contributed by atoms with Crippen molar-refractivity contribution in [1.82, 2.24) is 0 Å². The number of nitrogens with one attached hydrogen (secondary N) is 1. The summed E-state index contributed by atoms with van der Waals surface area (Å²) in [6, 6.07) is 12.0. The number of aryl methyl sites for hydroxylation is 1. The van der Waals surface area contributed by atoms with Gasteiger partial charge >= 0.3 is 0 Å². The maximum Gasteiger partial charge on any atom is 0.245 e. The summed E-state index contributed by atoms with van der Waals surface area (Å²) in [5.74, 6) is 0.598. The highest BCUT2D eigenvalue weighted by atomic mass is 32.2. The highest BCUT2D eigenvalue weighted by Gasteiger charge is 2.24. The second-order valence-corrected chi connectivity index (χ2v) is 8.59. The van der Waals surface area contributed by atoms with Gasteiger partial charge in [-0.2, -0.15) is 0 Å². The first-order valence-electron chi connectivity index (χ1n) is 8.79. The van der Waals surface area contributed by atoms with Crippen LogP contribution in [-0.4, -0.2) is 40.3 Å². The molecule has 0 unspecified atom stereocenters. The third-order valence-corrected chi connectivity index (χ3v) is 4.93. The van der Waals surface area contributed by atoms with Crippen molar-refractivity contribution in [1.29, 1.82) is 0 Å². The third kappa shape index (κ3) is 5.88. The van der Waals surface area contributed by atoms with Gasteiger partial charge in [0.25, 0.3) is 0 Å². The number of carbonyl (C=O) groups is 1. The van der Waals surface area contributed by atoms with Crippen LogP contribution in [0.15, 0.2) is 42.5 Å². The Kier molecular flexibility index (Phi) is 6.90. The van der Waals surface area contributed by atoms with Crippen LogP contribution in [0.5, 0.6) is 11.5 Å². The second-order valence-electron chi connectivity index (χ2n) is 6.68. The third-order valence-electron chi connectivity index (χ3n) is 3.80. The average molecular weight is 407 g/mol. The summed E-state index contributed by atoms with van der Waals surface area (Å²) in [5.41, 5.74) is 1.72. The summed E-state index contributed by atoms with van der Waals surface area (Å²) >= 11 is 0. The van der Waals surface area contributed by atoms with Crippen LogP contribution in [0.25, 0.3) is 0 Å². The van der Waals surface area contributed by atoms with Gasteiger partial charge in [0, 0.05) is 5.69 Å². The number of ether oxygens (including phenoxy) is 2. The molecular weight excluding hydrogens is 380 g/mol. The number of benzene rings is 2. The lowest BCUT2D eigenvalue weighted by molar-refractivity contribution is -0.114. The van der Waals surface area contributed by atoms with Gasteiger partial charge in [0.05, 0.1) is 25.2 Å². The molecular formula is C20H26N2O5S. The fraction of sp³-hybridized carbons (Fsp3) is 0.350. The minimum Gasteiger partial charge on any atom is -0.495 e. The molecule has 0 saturated carbocycles. The molecule has 2 rings (SSSR count). The quantitative estimate of drug-likeness (QED) is 0.728. The second kappa shape index (κ2) is 8.97. The van der Waals surface area contributed by atoms with Crippen LogP contribution in [0.3, 0.4) is 0 Å². The summed E-state index contributed by atoms with van der Waals surface area (Å²) < 4.78 is 36.5. The molecule has 1 amide bonds. The molecule has 152 valence electrons. The minimum absolute atomic E-state index is 0.0491. The molecule has 0 saturated heterocycles. The van der Waals surface area contributed by atoms with Gasteiger partial charge < -0.3 is 14.8 Å². The molecule has 0 aliphatic rings. The number of methoxy groups -OCH3 is 1. The first-order valence-corrected chi connectivity index (χ1v) is 10.6. The van der Waals surface area contributed by atoms with Crippen molar-refractivity contribution in [2.45, 2.75) is 26.9 Å². The van der Waals surface area contributed by atoms with Gasteiger partial charge in [-0.3, -0.25) is 9.10 Å². The van der Waals surface area contributed by atoms with E-state index in [4.69, 9.17) is 9.47 Å². The first-order chi connectivity index (χ1) is 13.1. The number of amides is 1. The number of sulfonamides is 1. The molecule has 8 heteroatoms. The molecule has 0 fully saturated rings. The molecule has 0 bridgehead atoms. The van der Waals surface area contributed by atoms with Gasteiger partial charge in [-0.15, -0.1) is 0 Å². The van der Waals surface area contributed by atoms with Crippen LogP contribution in [0.4, 0.5) is 11.4 Å². The van der Waals surface area contributed by atoms with Crippen molar-refractivity contribution in [2.75, 3.05) is 29.5 Å². The number of hydrogen-bond acceptors (Lipinski definition) is 5. The predicted molar refractivity (Wildman–Crippen MR) is 111 cm³/mol. The van der Waals surface area contributed by atoms with Gasteiger partial charge in [-0.05, 0) is 62.7 Å². The van der Waals surface area contributed by atoms with E-state index in [9.17, 15) is 13.2 Å². The number of carbonyl (C=O) groups excluding carboxylic acids is 1. The van der Waals surface area contributed by atoms with Gasteiger partial charge in [0.2, 0.25) is 15.9 Å². The van der Waals surface area contributed by atoms with E-state index in [0.29, 0.717) is 22.9 Å². The number of rotatable bonds is 8. The molecule has 0 aromatic heterocycles. The lowest BCUT2D eigenvalue weighted by Crippen LogP contribution is -2.37. The smallest absolute Gasteiger partial charge is 0.245 e. The molecule has 0 atom stereocenters. The molecule has 7 nitrogen and oxygen atoms in total. The van der Waals surface area contributed by atoms with E-state index in [1.165, 1.54) is 7.11 Å². The zero-order valence-electron chi connectivity index (χ0n) is 16.7.